The van der Waals surface area contributed by atoms with E-state index in [9.17, 15) is 4.79 Å². The predicted octanol–water partition coefficient (Wildman–Crippen LogP) is 2.38. The van der Waals surface area contributed by atoms with Gasteiger partial charge in [0.2, 0.25) is 0 Å². The standard InChI is InChI=1S/C9H10BrClN2O/c1-5(11)4-13-7(3)8(10)6(2)12-9(13)14/h1,4H2,2-3H3. The molecule has 0 aliphatic carbocycles. The van der Waals surface area contributed by atoms with E-state index in [1.807, 2.05) is 6.92 Å². The molecule has 1 aromatic rings. The van der Waals surface area contributed by atoms with Crippen molar-refractivity contribution in [2.75, 3.05) is 0 Å². The molecule has 1 heterocycles. The maximum atomic E-state index is 11.5. The van der Waals surface area contributed by atoms with Crippen molar-refractivity contribution >= 4 is 27.5 Å². The molecule has 0 aliphatic heterocycles. The van der Waals surface area contributed by atoms with Crippen LogP contribution in [-0.4, -0.2) is 9.55 Å². The summed E-state index contributed by atoms with van der Waals surface area (Å²) in [5.74, 6) is 0. The van der Waals surface area contributed by atoms with Crippen LogP contribution in [0.4, 0.5) is 0 Å². The van der Waals surface area contributed by atoms with Gasteiger partial charge in [0, 0.05) is 10.7 Å². The third kappa shape index (κ3) is 2.25. The molecular formula is C9H10BrClN2O. The molecule has 1 rings (SSSR count). The zero-order valence-corrected chi connectivity index (χ0v) is 10.3. The van der Waals surface area contributed by atoms with Crippen LogP contribution in [0.2, 0.25) is 0 Å². The van der Waals surface area contributed by atoms with Gasteiger partial charge in [0.1, 0.15) is 0 Å². The molecule has 14 heavy (non-hydrogen) atoms. The van der Waals surface area contributed by atoms with Gasteiger partial charge in [0.15, 0.2) is 0 Å². The number of rotatable bonds is 2. The summed E-state index contributed by atoms with van der Waals surface area (Å²) < 4.78 is 2.31. The lowest BCUT2D eigenvalue weighted by molar-refractivity contribution is 0.696. The predicted molar refractivity (Wildman–Crippen MR) is 60.7 cm³/mol. The zero-order chi connectivity index (χ0) is 10.9. The molecule has 0 saturated carbocycles. The van der Waals surface area contributed by atoms with Crippen LogP contribution >= 0.6 is 27.5 Å². The van der Waals surface area contributed by atoms with Gasteiger partial charge in [0.25, 0.3) is 0 Å². The van der Waals surface area contributed by atoms with Crippen LogP contribution in [0.1, 0.15) is 11.4 Å². The number of nitrogens with zero attached hydrogens (tertiary/aromatic N) is 2. The lowest BCUT2D eigenvalue weighted by atomic mass is 10.3. The highest BCUT2D eigenvalue weighted by atomic mass is 79.9. The molecule has 0 spiro atoms. The Morgan fingerprint density at radius 1 is 1.64 bits per heavy atom. The molecule has 0 fully saturated rings. The van der Waals surface area contributed by atoms with E-state index in [1.165, 1.54) is 4.57 Å². The summed E-state index contributed by atoms with van der Waals surface area (Å²) in [6, 6.07) is 0. The number of halogens is 2. The second-order valence-electron chi connectivity index (χ2n) is 2.98. The molecule has 0 amide bonds. The number of allylic oxidation sites excluding steroid dienone is 1. The van der Waals surface area contributed by atoms with Crippen molar-refractivity contribution in [2.24, 2.45) is 0 Å². The number of aromatic nitrogens is 2. The minimum atomic E-state index is -0.301. The van der Waals surface area contributed by atoms with Crippen LogP contribution in [-0.2, 0) is 6.54 Å². The Morgan fingerprint density at radius 2 is 2.21 bits per heavy atom. The van der Waals surface area contributed by atoms with E-state index >= 15 is 0 Å². The molecule has 0 saturated heterocycles. The summed E-state index contributed by atoms with van der Waals surface area (Å²) in [6.07, 6.45) is 0. The highest BCUT2D eigenvalue weighted by Crippen LogP contribution is 2.17. The van der Waals surface area contributed by atoms with Gasteiger partial charge in [-0.15, -0.1) is 0 Å². The largest absolute Gasteiger partial charge is 0.348 e. The van der Waals surface area contributed by atoms with E-state index < -0.39 is 0 Å². The smallest absolute Gasteiger partial charge is 0.290 e. The minimum absolute atomic E-state index is 0.290. The molecule has 0 N–H and O–H groups in total. The van der Waals surface area contributed by atoms with E-state index in [1.54, 1.807) is 6.92 Å². The van der Waals surface area contributed by atoms with Crippen LogP contribution < -0.4 is 5.69 Å². The summed E-state index contributed by atoms with van der Waals surface area (Å²) in [6.45, 7) is 7.45. The van der Waals surface area contributed by atoms with E-state index in [0.717, 1.165) is 10.2 Å². The highest BCUT2D eigenvalue weighted by molar-refractivity contribution is 9.10. The van der Waals surface area contributed by atoms with Gasteiger partial charge < -0.3 is 0 Å². The average molecular weight is 278 g/mol. The lowest BCUT2D eigenvalue weighted by Gasteiger charge is -2.10. The maximum Gasteiger partial charge on any atom is 0.348 e. The topological polar surface area (TPSA) is 34.9 Å². The Hall–Kier alpha value is -0.610. The zero-order valence-electron chi connectivity index (χ0n) is 7.97. The second kappa shape index (κ2) is 4.28. The Bertz CT molecular complexity index is 439. The van der Waals surface area contributed by atoms with Gasteiger partial charge in [-0.1, -0.05) is 18.2 Å². The first-order chi connectivity index (χ1) is 6.43. The molecule has 1 aromatic heterocycles. The summed E-state index contributed by atoms with van der Waals surface area (Å²) in [5, 5.41) is 0.410. The molecule has 5 heteroatoms. The first kappa shape index (κ1) is 11.5. The first-order valence-electron chi connectivity index (χ1n) is 4.00. The maximum absolute atomic E-state index is 11.5. The lowest BCUT2D eigenvalue weighted by Crippen LogP contribution is -2.26. The van der Waals surface area contributed by atoms with Crippen LogP contribution in [0, 0.1) is 13.8 Å². The third-order valence-corrected chi connectivity index (χ3v) is 3.13. The Morgan fingerprint density at radius 3 is 2.71 bits per heavy atom. The molecule has 0 aliphatic rings. The number of hydrogen-bond acceptors (Lipinski definition) is 2. The van der Waals surface area contributed by atoms with Crippen LogP contribution in [0.5, 0.6) is 0 Å². The van der Waals surface area contributed by atoms with Crippen LogP contribution in [0.3, 0.4) is 0 Å². The fraction of sp³-hybridized carbons (Fsp3) is 0.333. The van der Waals surface area contributed by atoms with E-state index in [4.69, 9.17) is 11.6 Å². The van der Waals surface area contributed by atoms with Gasteiger partial charge in [-0.2, -0.15) is 4.98 Å². The number of aryl methyl sites for hydroxylation is 1. The molecule has 0 atom stereocenters. The Kier molecular flexibility index (Phi) is 3.50. The Balaban J connectivity index is 3.37. The average Bonchev–Trinajstić information content (AvgIpc) is 2.09. The van der Waals surface area contributed by atoms with Crippen molar-refractivity contribution in [2.45, 2.75) is 20.4 Å². The second-order valence-corrected chi connectivity index (χ2v) is 4.31. The minimum Gasteiger partial charge on any atom is -0.290 e. The molecular weight excluding hydrogens is 267 g/mol. The molecule has 0 unspecified atom stereocenters. The van der Waals surface area contributed by atoms with E-state index in [-0.39, 0.29) is 12.2 Å². The van der Waals surface area contributed by atoms with Crippen molar-refractivity contribution in [3.8, 4) is 0 Å². The van der Waals surface area contributed by atoms with Gasteiger partial charge in [-0.05, 0) is 29.8 Å². The third-order valence-electron chi connectivity index (χ3n) is 1.86. The van der Waals surface area contributed by atoms with E-state index in [0.29, 0.717) is 10.7 Å². The summed E-state index contributed by atoms with van der Waals surface area (Å²) in [4.78, 5) is 15.3. The highest BCUT2D eigenvalue weighted by Gasteiger charge is 2.08. The number of hydrogen-bond donors (Lipinski definition) is 0. The molecule has 3 nitrogen and oxygen atoms in total. The molecule has 0 bridgehead atoms. The fourth-order valence-electron chi connectivity index (χ4n) is 1.13. The van der Waals surface area contributed by atoms with Crippen molar-refractivity contribution in [1.82, 2.24) is 9.55 Å². The monoisotopic (exact) mass is 276 g/mol. The first-order valence-corrected chi connectivity index (χ1v) is 5.17. The van der Waals surface area contributed by atoms with Crippen molar-refractivity contribution in [1.29, 1.82) is 0 Å². The quantitative estimate of drug-likeness (QED) is 0.832. The van der Waals surface area contributed by atoms with Crippen molar-refractivity contribution in [3.05, 3.63) is 38.0 Å². The molecule has 0 radical (unpaired) electrons. The van der Waals surface area contributed by atoms with E-state index in [2.05, 4.69) is 27.5 Å². The fourth-order valence-corrected chi connectivity index (χ4v) is 1.56. The summed E-state index contributed by atoms with van der Waals surface area (Å²) >= 11 is 9.01. The summed E-state index contributed by atoms with van der Waals surface area (Å²) in [7, 11) is 0. The molecule has 0 aromatic carbocycles. The summed E-state index contributed by atoms with van der Waals surface area (Å²) in [5.41, 5.74) is 1.19. The SMILES string of the molecule is C=C(Cl)Cn1c(C)c(Br)c(C)nc1=O. The van der Waals surface area contributed by atoms with Crippen LogP contribution in [0.15, 0.2) is 20.9 Å². The van der Waals surface area contributed by atoms with Gasteiger partial charge >= 0.3 is 5.69 Å². The Labute approximate surface area is 95.5 Å². The van der Waals surface area contributed by atoms with Crippen molar-refractivity contribution in [3.63, 3.8) is 0 Å². The van der Waals surface area contributed by atoms with Gasteiger partial charge in [0.05, 0.1) is 16.7 Å². The normalized spacial score (nSPS) is 10.3. The van der Waals surface area contributed by atoms with Gasteiger partial charge in [-0.25, -0.2) is 4.79 Å². The van der Waals surface area contributed by atoms with Gasteiger partial charge in [-0.3, -0.25) is 4.57 Å². The van der Waals surface area contributed by atoms with Crippen LogP contribution in [0.25, 0.3) is 0 Å². The van der Waals surface area contributed by atoms with Crippen molar-refractivity contribution < 1.29 is 0 Å². The molecule has 76 valence electrons.